The van der Waals surface area contributed by atoms with Crippen molar-refractivity contribution in [3.63, 3.8) is 0 Å². The van der Waals surface area contributed by atoms with Crippen molar-refractivity contribution in [3.8, 4) is 11.8 Å². The van der Waals surface area contributed by atoms with Gasteiger partial charge in [-0.3, -0.25) is 0 Å². The minimum absolute atomic E-state index is 0.0350. The number of carbonyl (C=O) groups is 1. The first-order valence-electron chi connectivity index (χ1n) is 6.69. The molecule has 7 nitrogen and oxygen atoms in total. The van der Waals surface area contributed by atoms with E-state index in [1.807, 2.05) is 0 Å². The van der Waals surface area contributed by atoms with Crippen molar-refractivity contribution in [2.24, 2.45) is 0 Å². The number of carboxylic acids is 1. The topological polar surface area (TPSA) is 102 Å². The molecule has 0 saturated carbocycles. The van der Waals surface area contributed by atoms with E-state index in [4.69, 9.17) is 33.4 Å². The summed E-state index contributed by atoms with van der Waals surface area (Å²) in [5, 5.41) is 17.2. The molecule has 0 unspecified atom stereocenters. The monoisotopic (exact) mass is 432 g/mol. The molecule has 0 fully saturated rings. The lowest BCUT2D eigenvalue weighted by Crippen LogP contribution is -2.09. The van der Waals surface area contributed by atoms with Crippen molar-refractivity contribution in [2.45, 2.75) is 19.8 Å². The number of hydrogen-bond donors (Lipinski definition) is 2. The molecule has 2 rings (SSSR count). The second-order valence-corrected chi connectivity index (χ2v) is 5.08. The maximum atomic E-state index is 11.8. The van der Waals surface area contributed by atoms with Gasteiger partial charge < -0.3 is 19.7 Å². The van der Waals surface area contributed by atoms with Gasteiger partial charge in [0.1, 0.15) is 15.9 Å². The molecule has 27 heavy (non-hydrogen) atoms. The van der Waals surface area contributed by atoms with Gasteiger partial charge in [-0.15, -0.1) is 0 Å². The minimum atomic E-state index is -3.14. The number of aromatic nitrogens is 2. The van der Waals surface area contributed by atoms with Crippen molar-refractivity contribution < 1.29 is 42.0 Å². The molecule has 148 valence electrons. The average molecular weight is 433 g/mol. The van der Waals surface area contributed by atoms with Crippen molar-refractivity contribution in [2.75, 3.05) is 0 Å². The van der Waals surface area contributed by atoms with Crippen LogP contribution < -0.4 is 9.47 Å². The third kappa shape index (κ3) is 7.81. The third-order valence-electron chi connectivity index (χ3n) is 2.53. The summed E-state index contributed by atoms with van der Waals surface area (Å²) < 4.78 is 55.1. The van der Waals surface area contributed by atoms with Crippen molar-refractivity contribution in [1.82, 2.24) is 9.97 Å². The van der Waals surface area contributed by atoms with Gasteiger partial charge in [-0.05, 0) is 24.3 Å². The summed E-state index contributed by atoms with van der Waals surface area (Å²) in [6.45, 7) is -6.54. The van der Waals surface area contributed by atoms with E-state index in [1.54, 1.807) is 0 Å². The fraction of sp³-hybridized carbons (Fsp3) is 0.214. The van der Waals surface area contributed by atoms with Crippen LogP contribution in [0.2, 0.25) is 10.3 Å². The van der Waals surface area contributed by atoms with Gasteiger partial charge in [0.25, 0.3) is 0 Å². The standard InChI is InChI=1S/C7H4ClF2NO3.C7H6ClF2NO2/c8-4-2-1-3(6(12)13)5(11-4)14-7(9)10;8-5-2-1-4(3-12)6(11-5)13-7(9)10/h1-2,7H,(H,12,13);1-2,7,12H,3H2. The summed E-state index contributed by atoms with van der Waals surface area (Å²) in [5.41, 5.74) is -0.292. The van der Waals surface area contributed by atoms with E-state index >= 15 is 0 Å². The summed E-state index contributed by atoms with van der Waals surface area (Å²) in [6, 6.07) is 4.96. The normalized spacial score (nSPS) is 10.4. The second-order valence-electron chi connectivity index (χ2n) is 4.31. The molecule has 0 amide bonds. The Kier molecular flexibility index (Phi) is 8.98. The molecule has 0 radical (unpaired) electrons. The molecule has 0 aliphatic heterocycles. The van der Waals surface area contributed by atoms with Gasteiger partial charge in [0.15, 0.2) is 0 Å². The molecule has 0 aromatic carbocycles. The van der Waals surface area contributed by atoms with Crippen LogP contribution in [0.15, 0.2) is 24.3 Å². The Morgan fingerprint density at radius 3 is 1.93 bits per heavy atom. The number of hydrogen-bond acceptors (Lipinski definition) is 6. The van der Waals surface area contributed by atoms with E-state index < -0.39 is 37.2 Å². The Hall–Kier alpha value is -2.37. The summed E-state index contributed by atoms with van der Waals surface area (Å²) in [6.07, 6.45) is 0. The number of alkyl halides is 4. The second kappa shape index (κ2) is 10.7. The first kappa shape index (κ1) is 22.7. The van der Waals surface area contributed by atoms with Gasteiger partial charge in [0.05, 0.1) is 6.61 Å². The van der Waals surface area contributed by atoms with Crippen LogP contribution in [0.5, 0.6) is 11.8 Å². The van der Waals surface area contributed by atoms with Gasteiger partial charge in [0, 0.05) is 5.56 Å². The fourth-order valence-electron chi connectivity index (χ4n) is 1.51. The molecular weight excluding hydrogens is 423 g/mol. The number of aliphatic hydroxyl groups is 1. The van der Waals surface area contributed by atoms with Gasteiger partial charge in [0.2, 0.25) is 11.8 Å². The van der Waals surface area contributed by atoms with Crippen LogP contribution in [0.3, 0.4) is 0 Å². The fourth-order valence-corrected chi connectivity index (χ4v) is 1.79. The Morgan fingerprint density at radius 1 is 0.963 bits per heavy atom. The van der Waals surface area contributed by atoms with E-state index in [-0.39, 0.29) is 21.7 Å². The quantitative estimate of drug-likeness (QED) is 0.527. The van der Waals surface area contributed by atoms with Crippen LogP contribution in [0.25, 0.3) is 0 Å². The lowest BCUT2D eigenvalue weighted by atomic mass is 10.3. The third-order valence-corrected chi connectivity index (χ3v) is 2.95. The number of carboxylic acid groups (broad SMARTS) is 1. The van der Waals surface area contributed by atoms with Gasteiger partial charge in [-0.2, -0.15) is 17.6 Å². The first-order valence-corrected chi connectivity index (χ1v) is 7.45. The highest BCUT2D eigenvalue weighted by Gasteiger charge is 2.16. The van der Waals surface area contributed by atoms with Crippen LogP contribution in [0.4, 0.5) is 17.6 Å². The molecule has 2 heterocycles. The zero-order chi connectivity index (χ0) is 20.6. The number of pyridine rings is 2. The van der Waals surface area contributed by atoms with Crippen LogP contribution in [-0.2, 0) is 6.61 Å². The van der Waals surface area contributed by atoms with Gasteiger partial charge in [-0.25, -0.2) is 14.8 Å². The zero-order valence-corrected chi connectivity index (χ0v) is 14.5. The van der Waals surface area contributed by atoms with Gasteiger partial charge >= 0.3 is 19.2 Å². The molecule has 0 aliphatic carbocycles. The Labute approximate surface area is 159 Å². The van der Waals surface area contributed by atoms with E-state index in [9.17, 15) is 22.4 Å². The Bertz CT molecular complexity index is 783. The maximum absolute atomic E-state index is 11.8. The van der Waals surface area contributed by atoms with Gasteiger partial charge in [-0.1, -0.05) is 23.2 Å². The lowest BCUT2D eigenvalue weighted by molar-refractivity contribution is -0.0545. The average Bonchev–Trinajstić information content (AvgIpc) is 2.54. The molecule has 0 spiro atoms. The van der Waals surface area contributed by atoms with Crippen LogP contribution in [0, 0.1) is 0 Å². The predicted molar refractivity (Wildman–Crippen MR) is 84.6 cm³/mol. The summed E-state index contributed by atoms with van der Waals surface area (Å²) >= 11 is 10.8. The van der Waals surface area contributed by atoms with E-state index in [0.717, 1.165) is 6.07 Å². The number of ether oxygens (including phenoxy) is 2. The van der Waals surface area contributed by atoms with E-state index in [2.05, 4.69) is 19.4 Å². The zero-order valence-electron chi connectivity index (χ0n) is 13.0. The van der Waals surface area contributed by atoms with E-state index in [0.29, 0.717) is 0 Å². The molecular formula is C14H10Cl2F4N2O5. The Balaban J connectivity index is 0.000000271. The van der Waals surface area contributed by atoms with Crippen LogP contribution >= 0.6 is 23.2 Å². The van der Waals surface area contributed by atoms with Crippen LogP contribution in [0.1, 0.15) is 15.9 Å². The van der Waals surface area contributed by atoms with Crippen LogP contribution in [-0.4, -0.2) is 39.4 Å². The maximum Gasteiger partial charge on any atom is 0.388 e. The highest BCUT2D eigenvalue weighted by Crippen LogP contribution is 2.21. The Morgan fingerprint density at radius 2 is 1.44 bits per heavy atom. The number of halogens is 6. The van der Waals surface area contributed by atoms with E-state index in [1.165, 1.54) is 18.2 Å². The molecule has 0 atom stereocenters. The number of nitrogens with zero attached hydrogens (tertiary/aromatic N) is 2. The molecule has 0 saturated heterocycles. The summed E-state index contributed by atoms with van der Waals surface area (Å²) in [4.78, 5) is 17.3. The highest BCUT2D eigenvalue weighted by molar-refractivity contribution is 6.29. The minimum Gasteiger partial charge on any atom is -0.477 e. The smallest absolute Gasteiger partial charge is 0.388 e. The summed E-state index contributed by atoms with van der Waals surface area (Å²) in [7, 11) is 0. The first-order chi connectivity index (χ1) is 12.6. The predicted octanol–water partition coefficient (Wildman–Crippen LogP) is 3.86. The molecule has 13 heteroatoms. The molecule has 0 aliphatic rings. The molecule has 0 bridgehead atoms. The highest BCUT2D eigenvalue weighted by atomic mass is 35.5. The lowest BCUT2D eigenvalue weighted by Gasteiger charge is -2.07. The molecule has 2 aromatic rings. The van der Waals surface area contributed by atoms with Crippen molar-refractivity contribution >= 4 is 29.2 Å². The number of aliphatic hydroxyl groups excluding tert-OH is 1. The molecule has 2 aromatic heterocycles. The number of aromatic carboxylic acids is 1. The number of rotatable bonds is 6. The SMILES string of the molecule is O=C(O)c1ccc(Cl)nc1OC(F)F.OCc1ccc(Cl)nc1OC(F)F. The van der Waals surface area contributed by atoms with Crippen molar-refractivity contribution in [3.05, 3.63) is 45.7 Å². The van der Waals surface area contributed by atoms with Crippen molar-refractivity contribution in [1.29, 1.82) is 0 Å². The summed E-state index contributed by atoms with van der Waals surface area (Å²) in [5.74, 6) is -2.45. The molecule has 2 N–H and O–H groups in total. The largest absolute Gasteiger partial charge is 0.477 e.